The van der Waals surface area contributed by atoms with E-state index in [0.717, 1.165) is 5.82 Å². The fourth-order valence-electron chi connectivity index (χ4n) is 1.67. The van der Waals surface area contributed by atoms with Gasteiger partial charge in [-0.15, -0.1) is 0 Å². The first-order valence-electron chi connectivity index (χ1n) is 5.91. The van der Waals surface area contributed by atoms with E-state index in [4.69, 9.17) is 10.6 Å². The number of hydrogen-bond acceptors (Lipinski definition) is 6. The molecule has 0 aliphatic rings. The van der Waals surface area contributed by atoms with Gasteiger partial charge < -0.3 is 15.1 Å². The Kier molecular flexibility index (Phi) is 4.34. The van der Waals surface area contributed by atoms with Gasteiger partial charge in [0.05, 0.1) is 7.11 Å². The molecule has 0 aliphatic heterocycles. The number of hydrogen-bond donors (Lipinski definition) is 2. The maximum absolute atomic E-state index is 5.42. The quantitative estimate of drug-likeness (QED) is 0.627. The van der Waals surface area contributed by atoms with Crippen LogP contribution < -0.4 is 20.9 Å². The Bertz CT molecular complexity index is 402. The van der Waals surface area contributed by atoms with Crippen LogP contribution in [0.1, 0.15) is 27.7 Å². The third kappa shape index (κ3) is 2.81. The first-order chi connectivity index (χ1) is 8.32. The molecule has 18 heavy (non-hydrogen) atoms. The molecule has 0 aliphatic carbocycles. The fourth-order valence-corrected chi connectivity index (χ4v) is 1.67. The second kappa shape index (κ2) is 5.39. The van der Waals surface area contributed by atoms with Gasteiger partial charge in [0.15, 0.2) is 11.6 Å². The summed E-state index contributed by atoms with van der Waals surface area (Å²) in [5, 5.41) is 0. The normalized spacial score (nSPS) is 13.1. The number of aromatic nitrogens is 2. The molecule has 1 unspecified atom stereocenters. The van der Waals surface area contributed by atoms with Gasteiger partial charge in [0.25, 0.3) is 0 Å². The Labute approximate surface area is 109 Å². The second-order valence-electron chi connectivity index (χ2n) is 5.38. The summed E-state index contributed by atoms with van der Waals surface area (Å²) in [6, 6.07) is 0.284. The molecule has 1 aromatic heterocycles. The molecule has 1 aromatic rings. The lowest BCUT2D eigenvalue weighted by Crippen LogP contribution is -2.40. The van der Waals surface area contributed by atoms with Crippen LogP contribution in [0.3, 0.4) is 0 Å². The number of nitrogens with two attached hydrogens (primary N) is 1. The number of hydrazine groups is 1. The number of nitrogen functional groups attached to an aromatic ring is 1. The maximum atomic E-state index is 5.42. The average Bonchev–Trinajstić information content (AvgIpc) is 2.34. The number of nitrogens with zero attached hydrogens (tertiary/aromatic N) is 3. The van der Waals surface area contributed by atoms with Gasteiger partial charge in [-0.05, 0) is 12.3 Å². The highest BCUT2D eigenvalue weighted by atomic mass is 16.5. The van der Waals surface area contributed by atoms with Crippen LogP contribution in [0.2, 0.25) is 0 Å². The lowest BCUT2D eigenvalue weighted by atomic mass is 9.87. The van der Waals surface area contributed by atoms with Crippen molar-refractivity contribution in [3.63, 3.8) is 0 Å². The molecular formula is C12H23N5O. The number of methoxy groups -OCH3 is 1. The third-order valence-electron chi connectivity index (χ3n) is 3.29. The SMILES string of the molecule is COc1c(NN)ncnc1N(C)C(C)C(C)(C)C. The van der Waals surface area contributed by atoms with E-state index in [0.29, 0.717) is 11.6 Å². The van der Waals surface area contributed by atoms with Gasteiger partial charge in [0.1, 0.15) is 6.33 Å². The maximum Gasteiger partial charge on any atom is 0.205 e. The van der Waals surface area contributed by atoms with Crippen molar-refractivity contribution in [3.8, 4) is 5.75 Å². The lowest BCUT2D eigenvalue weighted by Gasteiger charge is -2.36. The molecule has 0 fully saturated rings. The molecule has 6 heteroatoms. The van der Waals surface area contributed by atoms with Crippen LogP contribution >= 0.6 is 0 Å². The molecule has 0 bridgehead atoms. The van der Waals surface area contributed by atoms with Crippen molar-refractivity contribution in [2.24, 2.45) is 11.3 Å². The Balaban J connectivity index is 3.17. The summed E-state index contributed by atoms with van der Waals surface area (Å²) < 4.78 is 5.34. The van der Waals surface area contributed by atoms with Gasteiger partial charge in [-0.1, -0.05) is 20.8 Å². The van der Waals surface area contributed by atoms with Crippen molar-refractivity contribution in [3.05, 3.63) is 6.33 Å². The summed E-state index contributed by atoms with van der Waals surface area (Å²) >= 11 is 0. The minimum Gasteiger partial charge on any atom is -0.490 e. The van der Waals surface area contributed by atoms with Crippen LogP contribution in [0.25, 0.3) is 0 Å². The minimum atomic E-state index is 0.126. The van der Waals surface area contributed by atoms with Gasteiger partial charge in [-0.3, -0.25) is 0 Å². The highest BCUT2D eigenvalue weighted by molar-refractivity contribution is 5.64. The Morgan fingerprint density at radius 3 is 2.44 bits per heavy atom. The molecule has 0 saturated heterocycles. The Morgan fingerprint density at radius 1 is 1.39 bits per heavy atom. The predicted molar refractivity (Wildman–Crippen MR) is 73.7 cm³/mol. The van der Waals surface area contributed by atoms with Crippen LogP contribution in [0.4, 0.5) is 11.6 Å². The van der Waals surface area contributed by atoms with E-state index in [1.54, 1.807) is 7.11 Å². The molecule has 3 N–H and O–H groups in total. The summed E-state index contributed by atoms with van der Waals surface area (Å²) in [6.45, 7) is 8.70. The molecular weight excluding hydrogens is 230 g/mol. The first kappa shape index (κ1) is 14.5. The molecule has 1 heterocycles. The van der Waals surface area contributed by atoms with E-state index >= 15 is 0 Å². The van der Waals surface area contributed by atoms with E-state index in [1.165, 1.54) is 6.33 Å². The highest BCUT2D eigenvalue weighted by Gasteiger charge is 2.27. The topological polar surface area (TPSA) is 76.3 Å². The molecule has 0 spiro atoms. The summed E-state index contributed by atoms with van der Waals surface area (Å²) in [6.07, 6.45) is 1.47. The van der Waals surface area contributed by atoms with Crippen molar-refractivity contribution < 1.29 is 4.74 Å². The molecule has 0 radical (unpaired) electrons. The zero-order chi connectivity index (χ0) is 13.9. The zero-order valence-corrected chi connectivity index (χ0v) is 12.0. The summed E-state index contributed by atoms with van der Waals surface area (Å²) in [4.78, 5) is 10.4. The first-order valence-corrected chi connectivity index (χ1v) is 5.91. The monoisotopic (exact) mass is 253 g/mol. The largest absolute Gasteiger partial charge is 0.490 e. The van der Waals surface area contributed by atoms with Crippen molar-refractivity contribution in [1.29, 1.82) is 0 Å². The Hall–Kier alpha value is -1.56. The fraction of sp³-hybridized carbons (Fsp3) is 0.667. The molecule has 0 amide bonds. The summed E-state index contributed by atoms with van der Waals surface area (Å²) in [5.41, 5.74) is 2.64. The van der Waals surface area contributed by atoms with Crippen LogP contribution in [-0.2, 0) is 0 Å². The minimum absolute atomic E-state index is 0.126. The van der Waals surface area contributed by atoms with E-state index in [2.05, 4.69) is 48.0 Å². The number of anilines is 2. The van der Waals surface area contributed by atoms with Crippen LogP contribution in [-0.4, -0.2) is 30.2 Å². The molecule has 1 atom stereocenters. The number of rotatable bonds is 4. The van der Waals surface area contributed by atoms with Crippen LogP contribution in [0, 0.1) is 5.41 Å². The molecule has 0 aromatic carbocycles. The van der Waals surface area contributed by atoms with Gasteiger partial charge in [0, 0.05) is 13.1 Å². The second-order valence-corrected chi connectivity index (χ2v) is 5.38. The standard InChI is InChI=1S/C12H23N5O/c1-8(12(2,3)4)17(5)11-9(18-6)10(16-13)14-7-15-11/h7-8H,13H2,1-6H3,(H,14,15,16). The lowest BCUT2D eigenvalue weighted by molar-refractivity contribution is 0.325. The molecule has 1 rings (SSSR count). The van der Waals surface area contributed by atoms with Crippen molar-refractivity contribution in [2.75, 3.05) is 24.5 Å². The molecule has 0 saturated carbocycles. The smallest absolute Gasteiger partial charge is 0.205 e. The Morgan fingerprint density at radius 2 is 2.00 bits per heavy atom. The van der Waals surface area contributed by atoms with Crippen LogP contribution in [0.15, 0.2) is 6.33 Å². The average molecular weight is 253 g/mol. The summed E-state index contributed by atoms with van der Waals surface area (Å²) in [7, 11) is 3.57. The van der Waals surface area contributed by atoms with Gasteiger partial charge in [-0.25, -0.2) is 15.8 Å². The predicted octanol–water partition coefficient (Wildman–Crippen LogP) is 1.64. The van der Waals surface area contributed by atoms with Gasteiger partial charge >= 0.3 is 0 Å². The van der Waals surface area contributed by atoms with Gasteiger partial charge in [-0.2, -0.15) is 0 Å². The molecule has 102 valence electrons. The zero-order valence-electron chi connectivity index (χ0n) is 12.0. The van der Waals surface area contributed by atoms with Crippen LogP contribution in [0.5, 0.6) is 5.75 Å². The van der Waals surface area contributed by atoms with E-state index < -0.39 is 0 Å². The number of ether oxygens (including phenoxy) is 1. The van der Waals surface area contributed by atoms with Crippen molar-refractivity contribution in [1.82, 2.24) is 9.97 Å². The van der Waals surface area contributed by atoms with E-state index in [1.807, 2.05) is 7.05 Å². The van der Waals surface area contributed by atoms with Crippen molar-refractivity contribution in [2.45, 2.75) is 33.7 Å². The van der Waals surface area contributed by atoms with E-state index in [9.17, 15) is 0 Å². The van der Waals surface area contributed by atoms with Gasteiger partial charge in [0.2, 0.25) is 5.75 Å². The highest BCUT2D eigenvalue weighted by Crippen LogP contribution is 2.34. The summed E-state index contributed by atoms with van der Waals surface area (Å²) in [5.74, 6) is 7.18. The number of nitrogens with one attached hydrogen (secondary N) is 1. The van der Waals surface area contributed by atoms with Crippen molar-refractivity contribution >= 4 is 11.6 Å². The third-order valence-corrected chi connectivity index (χ3v) is 3.29. The molecule has 6 nitrogen and oxygen atoms in total. The van der Waals surface area contributed by atoms with E-state index in [-0.39, 0.29) is 11.5 Å².